The first-order chi connectivity index (χ1) is 15.7. The lowest BCUT2D eigenvalue weighted by molar-refractivity contribution is -0.129. The van der Waals surface area contributed by atoms with Crippen molar-refractivity contribution in [1.29, 1.82) is 0 Å². The van der Waals surface area contributed by atoms with Crippen molar-refractivity contribution in [3.05, 3.63) is 101 Å². The van der Waals surface area contributed by atoms with Crippen molar-refractivity contribution >= 4 is 23.2 Å². The predicted molar refractivity (Wildman–Crippen MR) is 114 cm³/mol. The van der Waals surface area contributed by atoms with Crippen LogP contribution in [0.4, 0.5) is 4.39 Å². The molecule has 3 aromatic rings. The molecule has 3 aliphatic rings. The average molecular weight is 427 g/mol. The van der Waals surface area contributed by atoms with Crippen LogP contribution in [-0.4, -0.2) is 18.7 Å². The van der Waals surface area contributed by atoms with Crippen LogP contribution in [0.2, 0.25) is 0 Å². The summed E-state index contributed by atoms with van der Waals surface area (Å²) in [6.45, 7) is 0.163. The molecular weight excluding hydrogens is 413 g/mol. The monoisotopic (exact) mass is 427 g/mol. The van der Waals surface area contributed by atoms with Crippen LogP contribution in [0.5, 0.6) is 17.2 Å². The molecular formula is C25H14FNO5. The Bertz CT molecular complexity index is 1390. The Balaban J connectivity index is 1.51. The van der Waals surface area contributed by atoms with E-state index >= 15 is 0 Å². The van der Waals surface area contributed by atoms with E-state index in [1.807, 2.05) is 30.3 Å². The van der Waals surface area contributed by atoms with Gasteiger partial charge in [0.05, 0.1) is 5.56 Å². The minimum Gasteiger partial charge on any atom is -0.456 e. The van der Waals surface area contributed by atoms with Crippen molar-refractivity contribution in [2.75, 3.05) is 6.79 Å². The molecule has 0 radical (unpaired) electrons. The summed E-state index contributed by atoms with van der Waals surface area (Å²) in [4.78, 5) is 17.1. The van der Waals surface area contributed by atoms with E-state index in [2.05, 4.69) is 4.99 Å². The van der Waals surface area contributed by atoms with Gasteiger partial charge in [0.25, 0.3) is 0 Å². The lowest BCUT2D eigenvalue weighted by Crippen LogP contribution is -2.09. The molecule has 3 aliphatic heterocycles. The first-order valence-electron chi connectivity index (χ1n) is 9.86. The first kappa shape index (κ1) is 18.4. The van der Waals surface area contributed by atoms with Crippen molar-refractivity contribution < 1.29 is 28.1 Å². The number of halogens is 1. The van der Waals surface area contributed by atoms with Crippen molar-refractivity contribution in [2.45, 2.75) is 0 Å². The molecule has 3 heterocycles. The summed E-state index contributed by atoms with van der Waals surface area (Å²) in [5.41, 5.74) is 2.15. The third-order valence-corrected chi connectivity index (χ3v) is 5.29. The van der Waals surface area contributed by atoms with Gasteiger partial charge in [0.1, 0.15) is 17.3 Å². The Morgan fingerprint density at radius 1 is 0.812 bits per heavy atom. The SMILES string of the molecule is O=C1OC(c2ccccc2F)=N/C1=C1/C=C(c2ccc3c(c2)OCO3)Oc2ccccc21. The van der Waals surface area contributed by atoms with Gasteiger partial charge in [-0.2, -0.15) is 0 Å². The van der Waals surface area contributed by atoms with Crippen LogP contribution in [-0.2, 0) is 9.53 Å². The number of nitrogens with zero attached hydrogens (tertiary/aromatic N) is 1. The average Bonchev–Trinajstić information content (AvgIpc) is 3.44. The number of rotatable bonds is 2. The molecule has 0 atom stereocenters. The maximum Gasteiger partial charge on any atom is 0.364 e. The van der Waals surface area contributed by atoms with Gasteiger partial charge in [0.2, 0.25) is 12.7 Å². The summed E-state index contributed by atoms with van der Waals surface area (Å²) >= 11 is 0. The Morgan fingerprint density at radius 3 is 2.47 bits per heavy atom. The Labute approximate surface area is 181 Å². The van der Waals surface area contributed by atoms with E-state index in [0.717, 1.165) is 5.56 Å². The number of allylic oxidation sites excluding steroid dienone is 2. The number of esters is 1. The Morgan fingerprint density at radius 2 is 1.59 bits per heavy atom. The lowest BCUT2D eigenvalue weighted by Gasteiger charge is -2.20. The zero-order valence-corrected chi connectivity index (χ0v) is 16.5. The van der Waals surface area contributed by atoms with Gasteiger partial charge in [-0.3, -0.25) is 0 Å². The molecule has 0 amide bonds. The molecule has 0 N–H and O–H groups in total. The van der Waals surface area contributed by atoms with Gasteiger partial charge < -0.3 is 18.9 Å². The van der Waals surface area contributed by atoms with Crippen LogP contribution in [0.25, 0.3) is 11.3 Å². The first-order valence-corrected chi connectivity index (χ1v) is 9.86. The van der Waals surface area contributed by atoms with E-state index in [0.29, 0.717) is 34.1 Å². The second-order valence-corrected chi connectivity index (χ2v) is 7.22. The molecule has 0 spiro atoms. The predicted octanol–water partition coefficient (Wildman–Crippen LogP) is 4.70. The number of hydrogen-bond acceptors (Lipinski definition) is 6. The fraction of sp³-hybridized carbons (Fsp3) is 0.0400. The van der Waals surface area contributed by atoms with Gasteiger partial charge >= 0.3 is 5.97 Å². The van der Waals surface area contributed by atoms with Gasteiger partial charge in [-0.1, -0.05) is 30.3 Å². The fourth-order valence-corrected chi connectivity index (χ4v) is 3.75. The van der Waals surface area contributed by atoms with Gasteiger partial charge in [0, 0.05) is 16.7 Å². The summed E-state index contributed by atoms with van der Waals surface area (Å²) in [5.74, 6) is 1.09. The van der Waals surface area contributed by atoms with Crippen LogP contribution in [0.3, 0.4) is 0 Å². The minimum absolute atomic E-state index is 0.0717. The summed E-state index contributed by atoms with van der Waals surface area (Å²) in [5, 5.41) is 0. The van der Waals surface area contributed by atoms with E-state index in [-0.39, 0.29) is 24.0 Å². The summed E-state index contributed by atoms with van der Waals surface area (Å²) in [7, 11) is 0. The number of carbonyl (C=O) groups excluding carboxylic acids is 1. The highest BCUT2D eigenvalue weighted by atomic mass is 19.1. The Hall–Kier alpha value is -4.39. The molecule has 0 aliphatic carbocycles. The summed E-state index contributed by atoms with van der Waals surface area (Å²) in [6.07, 6.45) is 1.73. The number of hydrogen-bond donors (Lipinski definition) is 0. The summed E-state index contributed by atoms with van der Waals surface area (Å²) < 4.78 is 36.5. The Kier molecular flexibility index (Phi) is 4.07. The molecule has 0 bridgehead atoms. The number of carbonyl (C=O) groups is 1. The third-order valence-electron chi connectivity index (χ3n) is 5.29. The van der Waals surface area contributed by atoms with E-state index < -0.39 is 11.8 Å². The zero-order valence-electron chi connectivity index (χ0n) is 16.5. The van der Waals surface area contributed by atoms with Crippen molar-refractivity contribution in [1.82, 2.24) is 0 Å². The quantitative estimate of drug-likeness (QED) is 0.438. The van der Waals surface area contributed by atoms with Crippen LogP contribution in [0.15, 0.2) is 83.5 Å². The number of para-hydroxylation sites is 1. The zero-order chi connectivity index (χ0) is 21.7. The standard InChI is InChI=1S/C25H14FNO5/c26-18-7-3-1-6-16(18)24-27-23(25(28)32-24)17-12-21(31-19-8-4-2-5-15(17)19)14-9-10-20-22(11-14)30-13-29-20/h1-12H,13H2/b23-17-. The molecule has 156 valence electrons. The molecule has 0 saturated carbocycles. The topological polar surface area (TPSA) is 66.4 Å². The van der Waals surface area contributed by atoms with Crippen molar-refractivity contribution in [2.24, 2.45) is 4.99 Å². The highest BCUT2D eigenvalue weighted by molar-refractivity contribution is 6.16. The number of aliphatic imine (C=N–C) groups is 1. The number of fused-ring (bicyclic) bond motifs is 2. The maximum absolute atomic E-state index is 14.2. The molecule has 0 aromatic heterocycles. The molecule has 0 fully saturated rings. The largest absolute Gasteiger partial charge is 0.456 e. The lowest BCUT2D eigenvalue weighted by atomic mass is 9.97. The van der Waals surface area contributed by atoms with E-state index in [9.17, 15) is 9.18 Å². The van der Waals surface area contributed by atoms with E-state index in [1.54, 1.807) is 30.3 Å². The van der Waals surface area contributed by atoms with Crippen molar-refractivity contribution in [3.63, 3.8) is 0 Å². The molecule has 3 aromatic carbocycles. The molecule has 0 unspecified atom stereocenters. The number of benzene rings is 3. The highest BCUT2D eigenvalue weighted by Crippen LogP contribution is 2.42. The molecule has 32 heavy (non-hydrogen) atoms. The molecule has 6 rings (SSSR count). The number of ether oxygens (including phenoxy) is 4. The molecule has 7 heteroatoms. The fourth-order valence-electron chi connectivity index (χ4n) is 3.75. The maximum atomic E-state index is 14.2. The van der Waals surface area contributed by atoms with Gasteiger partial charge in [-0.25, -0.2) is 14.2 Å². The second-order valence-electron chi connectivity index (χ2n) is 7.22. The highest BCUT2D eigenvalue weighted by Gasteiger charge is 2.31. The summed E-state index contributed by atoms with van der Waals surface area (Å²) in [6, 6.07) is 18.8. The van der Waals surface area contributed by atoms with Gasteiger partial charge in [-0.15, -0.1) is 0 Å². The van der Waals surface area contributed by atoms with E-state index in [1.165, 1.54) is 12.1 Å². The van der Waals surface area contributed by atoms with Gasteiger partial charge in [-0.05, 0) is 42.5 Å². The molecule has 6 nitrogen and oxygen atoms in total. The number of cyclic esters (lactones) is 1. The normalized spacial score (nSPS) is 18.5. The van der Waals surface area contributed by atoms with Crippen LogP contribution < -0.4 is 14.2 Å². The minimum atomic E-state index is -0.656. The smallest absolute Gasteiger partial charge is 0.364 e. The van der Waals surface area contributed by atoms with Crippen LogP contribution in [0.1, 0.15) is 16.7 Å². The van der Waals surface area contributed by atoms with Crippen LogP contribution in [0, 0.1) is 5.82 Å². The van der Waals surface area contributed by atoms with Crippen LogP contribution >= 0.6 is 0 Å². The van der Waals surface area contributed by atoms with E-state index in [4.69, 9.17) is 18.9 Å². The van der Waals surface area contributed by atoms with Crippen molar-refractivity contribution in [3.8, 4) is 17.2 Å². The second kappa shape index (κ2) is 7.09. The van der Waals surface area contributed by atoms with Gasteiger partial charge in [0.15, 0.2) is 17.2 Å². The molecule has 0 saturated heterocycles. The third kappa shape index (κ3) is 2.94.